The molecule has 1 heterocycles. The standard InChI is InChI=1S/C18H14F2N2O3S/c1-24-15-6-3-10(7-16(15)25-2)18-22-14(9-26-18)17(23)21-13-5-4-11(19)8-12(13)20/h3-9H,1-2H3,(H,21,23). The van der Waals surface area contributed by atoms with Gasteiger partial charge in [0, 0.05) is 17.0 Å². The maximum Gasteiger partial charge on any atom is 0.275 e. The predicted octanol–water partition coefficient (Wildman–Crippen LogP) is 4.36. The van der Waals surface area contributed by atoms with Gasteiger partial charge in [-0.15, -0.1) is 11.3 Å². The predicted molar refractivity (Wildman–Crippen MR) is 95.0 cm³/mol. The minimum atomic E-state index is -0.853. The van der Waals surface area contributed by atoms with Gasteiger partial charge in [0.05, 0.1) is 19.9 Å². The Balaban J connectivity index is 1.82. The summed E-state index contributed by atoms with van der Waals surface area (Å²) in [6.45, 7) is 0. The first-order valence-corrected chi connectivity index (χ1v) is 8.34. The second-order valence-electron chi connectivity index (χ2n) is 5.19. The molecule has 0 aliphatic rings. The fourth-order valence-electron chi connectivity index (χ4n) is 2.26. The number of amides is 1. The molecular formula is C18H14F2N2O3S. The van der Waals surface area contributed by atoms with Crippen molar-refractivity contribution < 1.29 is 23.0 Å². The number of benzene rings is 2. The molecule has 0 bridgehead atoms. The molecule has 0 fully saturated rings. The van der Waals surface area contributed by atoms with Crippen LogP contribution in [-0.2, 0) is 0 Å². The number of thiazole rings is 1. The first kappa shape index (κ1) is 17.8. The highest BCUT2D eigenvalue weighted by Crippen LogP contribution is 2.33. The molecule has 8 heteroatoms. The first-order chi connectivity index (χ1) is 12.5. The van der Waals surface area contributed by atoms with E-state index in [0.29, 0.717) is 22.6 Å². The van der Waals surface area contributed by atoms with Crippen LogP contribution in [0.25, 0.3) is 10.6 Å². The van der Waals surface area contributed by atoms with E-state index in [1.807, 2.05) is 0 Å². The summed E-state index contributed by atoms with van der Waals surface area (Å²) in [5.74, 6) is -1.03. The van der Waals surface area contributed by atoms with E-state index in [1.165, 1.54) is 25.6 Å². The molecule has 1 amide bonds. The van der Waals surface area contributed by atoms with Crippen molar-refractivity contribution in [3.8, 4) is 22.1 Å². The van der Waals surface area contributed by atoms with Gasteiger partial charge < -0.3 is 14.8 Å². The minimum Gasteiger partial charge on any atom is -0.493 e. The van der Waals surface area contributed by atoms with Gasteiger partial charge in [0.2, 0.25) is 0 Å². The highest BCUT2D eigenvalue weighted by atomic mass is 32.1. The molecule has 0 spiro atoms. The van der Waals surface area contributed by atoms with Crippen molar-refractivity contribution in [2.45, 2.75) is 0 Å². The molecule has 26 heavy (non-hydrogen) atoms. The van der Waals surface area contributed by atoms with E-state index < -0.39 is 17.5 Å². The van der Waals surface area contributed by atoms with E-state index >= 15 is 0 Å². The summed E-state index contributed by atoms with van der Waals surface area (Å²) in [4.78, 5) is 16.5. The van der Waals surface area contributed by atoms with Crippen LogP contribution < -0.4 is 14.8 Å². The third-order valence-electron chi connectivity index (χ3n) is 3.55. The van der Waals surface area contributed by atoms with Gasteiger partial charge in [0.1, 0.15) is 22.3 Å². The summed E-state index contributed by atoms with van der Waals surface area (Å²) in [6.07, 6.45) is 0. The second kappa shape index (κ2) is 7.49. The zero-order valence-corrected chi connectivity index (χ0v) is 14.7. The van der Waals surface area contributed by atoms with Gasteiger partial charge in [0.15, 0.2) is 11.5 Å². The van der Waals surface area contributed by atoms with Crippen LogP contribution in [0.1, 0.15) is 10.5 Å². The molecule has 3 rings (SSSR count). The van der Waals surface area contributed by atoms with Crippen LogP contribution in [0.2, 0.25) is 0 Å². The molecule has 0 atom stereocenters. The number of carbonyl (C=O) groups is 1. The number of anilines is 1. The van der Waals surface area contributed by atoms with Gasteiger partial charge in [-0.3, -0.25) is 4.79 Å². The smallest absolute Gasteiger partial charge is 0.275 e. The van der Waals surface area contributed by atoms with E-state index in [4.69, 9.17) is 9.47 Å². The molecule has 0 saturated carbocycles. The molecule has 0 radical (unpaired) electrons. The summed E-state index contributed by atoms with van der Waals surface area (Å²) in [5, 5.41) is 4.53. The molecule has 0 aliphatic heterocycles. The largest absolute Gasteiger partial charge is 0.493 e. The zero-order valence-electron chi connectivity index (χ0n) is 13.9. The van der Waals surface area contributed by atoms with Gasteiger partial charge in [0.25, 0.3) is 5.91 Å². The Kier molecular flexibility index (Phi) is 5.13. The van der Waals surface area contributed by atoms with E-state index in [-0.39, 0.29) is 11.4 Å². The molecule has 134 valence electrons. The second-order valence-corrected chi connectivity index (χ2v) is 6.04. The van der Waals surface area contributed by atoms with Gasteiger partial charge in [-0.25, -0.2) is 13.8 Å². The van der Waals surface area contributed by atoms with Crippen LogP contribution in [0.15, 0.2) is 41.8 Å². The lowest BCUT2D eigenvalue weighted by Crippen LogP contribution is -2.13. The average molecular weight is 376 g/mol. The van der Waals surface area contributed by atoms with Crippen molar-refractivity contribution in [1.29, 1.82) is 0 Å². The average Bonchev–Trinajstić information content (AvgIpc) is 3.13. The highest BCUT2D eigenvalue weighted by molar-refractivity contribution is 7.13. The van der Waals surface area contributed by atoms with E-state index in [2.05, 4.69) is 10.3 Å². The normalized spacial score (nSPS) is 10.5. The summed E-state index contributed by atoms with van der Waals surface area (Å²) >= 11 is 1.26. The topological polar surface area (TPSA) is 60.5 Å². The van der Waals surface area contributed by atoms with Crippen LogP contribution in [0, 0.1) is 11.6 Å². The number of aromatic nitrogens is 1. The Hall–Kier alpha value is -3.00. The van der Waals surface area contributed by atoms with Gasteiger partial charge in [-0.1, -0.05) is 0 Å². The fraction of sp³-hybridized carbons (Fsp3) is 0.111. The number of ether oxygens (including phenoxy) is 2. The number of hydrogen-bond donors (Lipinski definition) is 1. The van der Waals surface area contributed by atoms with Crippen molar-refractivity contribution in [3.63, 3.8) is 0 Å². The van der Waals surface area contributed by atoms with Crippen LogP contribution in [-0.4, -0.2) is 25.1 Å². The number of halogens is 2. The van der Waals surface area contributed by atoms with Crippen LogP contribution in [0.3, 0.4) is 0 Å². The Morgan fingerprint density at radius 2 is 1.85 bits per heavy atom. The van der Waals surface area contributed by atoms with Crippen molar-refractivity contribution >= 4 is 22.9 Å². The Bertz CT molecular complexity index is 959. The van der Waals surface area contributed by atoms with Gasteiger partial charge in [-0.2, -0.15) is 0 Å². The van der Waals surface area contributed by atoms with E-state index in [9.17, 15) is 13.6 Å². The van der Waals surface area contributed by atoms with Crippen molar-refractivity contribution in [3.05, 3.63) is 59.1 Å². The Labute approximate surface area is 152 Å². The molecule has 3 aromatic rings. The van der Waals surface area contributed by atoms with Crippen molar-refractivity contribution in [2.75, 3.05) is 19.5 Å². The third-order valence-corrected chi connectivity index (χ3v) is 4.44. The molecular weight excluding hydrogens is 362 g/mol. The lowest BCUT2D eigenvalue weighted by molar-refractivity contribution is 0.102. The lowest BCUT2D eigenvalue weighted by atomic mass is 10.2. The highest BCUT2D eigenvalue weighted by Gasteiger charge is 2.15. The summed E-state index contributed by atoms with van der Waals surface area (Å²) < 4.78 is 37.0. The number of carbonyl (C=O) groups excluding carboxylic acids is 1. The molecule has 1 aromatic heterocycles. The molecule has 5 nitrogen and oxygen atoms in total. The monoisotopic (exact) mass is 376 g/mol. The van der Waals surface area contributed by atoms with Crippen molar-refractivity contribution in [2.24, 2.45) is 0 Å². The van der Waals surface area contributed by atoms with Crippen LogP contribution >= 0.6 is 11.3 Å². The van der Waals surface area contributed by atoms with E-state index in [1.54, 1.807) is 23.6 Å². The maximum atomic E-state index is 13.7. The van der Waals surface area contributed by atoms with Crippen molar-refractivity contribution in [1.82, 2.24) is 4.98 Å². The minimum absolute atomic E-state index is 0.114. The number of rotatable bonds is 5. The number of nitrogens with one attached hydrogen (secondary N) is 1. The SMILES string of the molecule is COc1ccc(-c2nc(C(=O)Nc3ccc(F)cc3F)cs2)cc1OC. The molecule has 2 aromatic carbocycles. The molecule has 1 N–H and O–H groups in total. The molecule has 0 unspecified atom stereocenters. The van der Waals surface area contributed by atoms with Gasteiger partial charge in [-0.05, 0) is 30.3 Å². The fourth-order valence-corrected chi connectivity index (χ4v) is 3.05. The molecule has 0 aliphatic carbocycles. The maximum absolute atomic E-state index is 13.7. The summed E-state index contributed by atoms with van der Waals surface area (Å²) in [5.41, 5.74) is 0.764. The summed E-state index contributed by atoms with van der Waals surface area (Å²) in [6, 6.07) is 8.20. The Morgan fingerprint density at radius 1 is 1.08 bits per heavy atom. The third kappa shape index (κ3) is 3.65. The zero-order chi connectivity index (χ0) is 18.7. The first-order valence-electron chi connectivity index (χ1n) is 7.46. The van der Waals surface area contributed by atoms with Crippen LogP contribution in [0.5, 0.6) is 11.5 Å². The van der Waals surface area contributed by atoms with Gasteiger partial charge >= 0.3 is 0 Å². The van der Waals surface area contributed by atoms with E-state index in [0.717, 1.165) is 17.7 Å². The Morgan fingerprint density at radius 3 is 2.54 bits per heavy atom. The summed E-state index contributed by atoms with van der Waals surface area (Å²) in [7, 11) is 3.07. The lowest BCUT2D eigenvalue weighted by Gasteiger charge is -2.08. The number of methoxy groups -OCH3 is 2. The number of hydrogen-bond acceptors (Lipinski definition) is 5. The van der Waals surface area contributed by atoms with Crippen LogP contribution in [0.4, 0.5) is 14.5 Å². The molecule has 0 saturated heterocycles. The quantitative estimate of drug-likeness (QED) is 0.719. The number of nitrogens with zero attached hydrogens (tertiary/aromatic N) is 1.